The van der Waals surface area contributed by atoms with E-state index in [0.29, 0.717) is 18.8 Å². The van der Waals surface area contributed by atoms with E-state index in [0.717, 1.165) is 11.3 Å². The van der Waals surface area contributed by atoms with Gasteiger partial charge in [0.05, 0.1) is 29.3 Å². The fourth-order valence-corrected chi connectivity index (χ4v) is 3.63. The number of aromatic nitrogens is 1. The van der Waals surface area contributed by atoms with E-state index in [9.17, 15) is 9.59 Å². The fraction of sp³-hybridized carbons (Fsp3) is 0.208. The van der Waals surface area contributed by atoms with Gasteiger partial charge < -0.3 is 14.8 Å². The molecule has 6 nitrogen and oxygen atoms in total. The molecule has 2 aromatic carbocycles. The van der Waals surface area contributed by atoms with Gasteiger partial charge >= 0.3 is 5.97 Å². The third-order valence-corrected chi connectivity index (χ3v) is 5.33. The zero-order chi connectivity index (χ0) is 22.9. The van der Waals surface area contributed by atoms with Gasteiger partial charge in [-0.05, 0) is 42.0 Å². The Hall–Kier alpha value is -3.09. The van der Waals surface area contributed by atoms with Crippen LogP contribution in [0.25, 0.3) is 0 Å². The fourth-order valence-electron chi connectivity index (χ4n) is 3.06. The van der Waals surface area contributed by atoms with Crippen molar-refractivity contribution in [1.29, 1.82) is 0 Å². The van der Waals surface area contributed by atoms with Crippen LogP contribution < -0.4 is 10.1 Å². The van der Waals surface area contributed by atoms with Gasteiger partial charge in [-0.1, -0.05) is 47.5 Å². The lowest BCUT2D eigenvalue weighted by Gasteiger charge is -2.18. The summed E-state index contributed by atoms with van der Waals surface area (Å²) >= 11 is 12.2. The Bertz CT molecular complexity index is 1040. The Kier molecular flexibility index (Phi) is 8.48. The van der Waals surface area contributed by atoms with E-state index >= 15 is 0 Å². The molecular formula is C24H22Cl2N2O4. The smallest absolute Gasteiger partial charge is 0.328 e. The first-order valence-corrected chi connectivity index (χ1v) is 10.7. The van der Waals surface area contributed by atoms with Crippen molar-refractivity contribution in [3.05, 3.63) is 93.7 Å². The van der Waals surface area contributed by atoms with E-state index in [1.807, 2.05) is 42.5 Å². The lowest BCUT2D eigenvalue weighted by Crippen LogP contribution is -2.43. The number of pyridine rings is 1. The van der Waals surface area contributed by atoms with Crippen molar-refractivity contribution in [1.82, 2.24) is 10.3 Å². The average Bonchev–Trinajstić information content (AvgIpc) is 2.80. The van der Waals surface area contributed by atoms with Gasteiger partial charge in [-0.2, -0.15) is 0 Å². The summed E-state index contributed by atoms with van der Waals surface area (Å²) < 4.78 is 10.6. The molecule has 1 aromatic heterocycles. The second kappa shape index (κ2) is 11.5. The van der Waals surface area contributed by atoms with Gasteiger partial charge in [-0.15, -0.1) is 0 Å². The van der Waals surface area contributed by atoms with Crippen molar-refractivity contribution in [2.45, 2.75) is 18.9 Å². The summed E-state index contributed by atoms with van der Waals surface area (Å²) in [6.07, 6.45) is 2.68. The van der Waals surface area contributed by atoms with Crippen molar-refractivity contribution < 1.29 is 19.1 Å². The first-order valence-electron chi connectivity index (χ1n) is 9.92. The highest BCUT2D eigenvalue weighted by Crippen LogP contribution is 2.24. The highest BCUT2D eigenvalue weighted by atomic mass is 35.5. The largest absolute Gasteiger partial charge is 0.493 e. The summed E-state index contributed by atoms with van der Waals surface area (Å²) in [6.45, 7) is 0.496. The number of halogens is 2. The summed E-state index contributed by atoms with van der Waals surface area (Å²) in [5.41, 5.74) is 1.89. The Labute approximate surface area is 196 Å². The summed E-state index contributed by atoms with van der Waals surface area (Å²) in [4.78, 5) is 29.2. The average molecular weight is 473 g/mol. The molecule has 8 heteroatoms. The van der Waals surface area contributed by atoms with Gasteiger partial charge in [0.25, 0.3) is 5.91 Å². The van der Waals surface area contributed by atoms with Gasteiger partial charge in [0.1, 0.15) is 11.8 Å². The minimum Gasteiger partial charge on any atom is -0.493 e. The number of hydrogen-bond acceptors (Lipinski definition) is 5. The number of esters is 1. The Balaban J connectivity index is 1.61. The van der Waals surface area contributed by atoms with Gasteiger partial charge in [0, 0.05) is 24.7 Å². The molecule has 1 amide bonds. The predicted octanol–water partition coefficient (Wildman–Crippen LogP) is 4.52. The monoisotopic (exact) mass is 472 g/mol. The highest BCUT2D eigenvalue weighted by Gasteiger charge is 2.25. The van der Waals surface area contributed by atoms with E-state index in [1.54, 1.807) is 24.4 Å². The molecule has 0 saturated heterocycles. The van der Waals surface area contributed by atoms with Crippen LogP contribution in [0.15, 0.2) is 66.9 Å². The molecule has 0 aliphatic heterocycles. The number of hydrogen-bond donors (Lipinski definition) is 1. The topological polar surface area (TPSA) is 77.5 Å². The summed E-state index contributed by atoms with van der Waals surface area (Å²) in [6, 6.07) is 16.9. The predicted molar refractivity (Wildman–Crippen MR) is 123 cm³/mol. The van der Waals surface area contributed by atoms with Gasteiger partial charge in [-0.3, -0.25) is 9.78 Å². The molecule has 1 atom stereocenters. The van der Waals surface area contributed by atoms with Gasteiger partial charge in [0.15, 0.2) is 0 Å². The van der Waals surface area contributed by atoms with E-state index < -0.39 is 17.9 Å². The Morgan fingerprint density at radius 3 is 2.34 bits per heavy atom. The second-order valence-corrected chi connectivity index (χ2v) is 7.73. The van der Waals surface area contributed by atoms with Crippen LogP contribution in [0.2, 0.25) is 10.0 Å². The number of amides is 1. The molecule has 166 valence electrons. The molecule has 0 spiro atoms. The number of methoxy groups -OCH3 is 1. The normalized spacial score (nSPS) is 11.5. The zero-order valence-electron chi connectivity index (χ0n) is 17.4. The molecule has 0 radical (unpaired) electrons. The molecule has 0 fully saturated rings. The zero-order valence-corrected chi connectivity index (χ0v) is 18.9. The molecule has 0 aliphatic carbocycles. The second-order valence-electron chi connectivity index (χ2n) is 6.91. The van der Waals surface area contributed by atoms with E-state index in [2.05, 4.69) is 10.3 Å². The lowest BCUT2D eigenvalue weighted by atomic mass is 10.0. The molecule has 1 N–H and O–H groups in total. The van der Waals surface area contributed by atoms with Crippen molar-refractivity contribution in [3.63, 3.8) is 0 Å². The van der Waals surface area contributed by atoms with Gasteiger partial charge in [-0.25, -0.2) is 4.79 Å². The van der Waals surface area contributed by atoms with Crippen LogP contribution in [-0.2, 0) is 22.4 Å². The summed E-state index contributed by atoms with van der Waals surface area (Å²) in [7, 11) is 1.27. The van der Waals surface area contributed by atoms with Gasteiger partial charge in [0.2, 0.25) is 0 Å². The Morgan fingerprint density at radius 1 is 1.00 bits per heavy atom. The van der Waals surface area contributed by atoms with Crippen LogP contribution in [-0.4, -0.2) is 36.6 Å². The molecule has 1 heterocycles. The number of benzene rings is 2. The van der Waals surface area contributed by atoms with Crippen LogP contribution in [0.3, 0.4) is 0 Å². The van der Waals surface area contributed by atoms with Crippen molar-refractivity contribution in [2.24, 2.45) is 0 Å². The third kappa shape index (κ3) is 6.45. The molecular weight excluding hydrogens is 451 g/mol. The first kappa shape index (κ1) is 23.6. The number of ether oxygens (including phenoxy) is 2. The number of carbonyl (C=O) groups excluding carboxylic acids is 2. The third-order valence-electron chi connectivity index (χ3n) is 4.70. The van der Waals surface area contributed by atoms with Crippen LogP contribution in [0, 0.1) is 0 Å². The van der Waals surface area contributed by atoms with Crippen molar-refractivity contribution >= 4 is 35.1 Å². The quantitative estimate of drug-likeness (QED) is 0.463. The molecule has 0 saturated carbocycles. The molecule has 0 bridgehead atoms. The summed E-state index contributed by atoms with van der Waals surface area (Å²) in [5, 5.41) is 3.06. The maximum Gasteiger partial charge on any atom is 0.328 e. The van der Waals surface area contributed by atoms with E-state index in [1.165, 1.54) is 7.11 Å². The maximum atomic E-state index is 12.7. The number of rotatable bonds is 9. The molecule has 32 heavy (non-hydrogen) atoms. The highest BCUT2D eigenvalue weighted by molar-refractivity contribution is 6.39. The SMILES string of the molecule is COC(=O)[C@H](Cc1ccc(OCCc2ccccn2)cc1)NC(=O)c1c(Cl)cccc1Cl. The first-order chi connectivity index (χ1) is 15.5. The summed E-state index contributed by atoms with van der Waals surface area (Å²) in [5.74, 6) is -0.422. The molecule has 3 rings (SSSR count). The van der Waals surface area contributed by atoms with Crippen LogP contribution in [0.5, 0.6) is 5.75 Å². The standard InChI is InChI=1S/C24H22Cl2N2O4/c1-31-24(30)21(28-23(29)22-19(25)6-4-7-20(22)26)15-16-8-10-18(11-9-16)32-14-12-17-5-2-3-13-27-17/h2-11,13,21H,12,14-15H2,1H3,(H,28,29)/t21-/m0/s1. The molecule has 0 unspecified atom stereocenters. The Morgan fingerprint density at radius 2 is 1.72 bits per heavy atom. The van der Waals surface area contributed by atoms with Crippen LogP contribution in [0.1, 0.15) is 21.6 Å². The number of nitrogens with zero attached hydrogens (tertiary/aromatic N) is 1. The number of carbonyl (C=O) groups is 2. The number of nitrogens with one attached hydrogen (secondary N) is 1. The molecule has 3 aromatic rings. The maximum absolute atomic E-state index is 12.7. The van der Waals surface area contributed by atoms with E-state index in [4.69, 9.17) is 32.7 Å². The lowest BCUT2D eigenvalue weighted by molar-refractivity contribution is -0.142. The molecule has 0 aliphatic rings. The van der Waals surface area contributed by atoms with Crippen molar-refractivity contribution in [2.75, 3.05) is 13.7 Å². The van der Waals surface area contributed by atoms with Crippen molar-refractivity contribution in [3.8, 4) is 5.75 Å². The minimum atomic E-state index is -0.907. The van der Waals surface area contributed by atoms with Crippen LogP contribution >= 0.6 is 23.2 Å². The van der Waals surface area contributed by atoms with Crippen LogP contribution in [0.4, 0.5) is 0 Å². The minimum absolute atomic E-state index is 0.112. The van der Waals surface area contributed by atoms with E-state index in [-0.39, 0.29) is 22.0 Å².